The zero-order valence-corrected chi connectivity index (χ0v) is 16.3. The third kappa shape index (κ3) is 5.33. The molecule has 0 unspecified atom stereocenters. The Bertz CT molecular complexity index is 842. The Morgan fingerprint density at radius 1 is 1.14 bits per heavy atom. The Hall–Kier alpha value is -2.86. The molecule has 0 amide bonds. The average Bonchev–Trinajstić information content (AvgIpc) is 2.73. The first kappa shape index (κ1) is 19.9. The van der Waals surface area contributed by atoms with Crippen molar-refractivity contribution < 1.29 is 19.1 Å². The van der Waals surface area contributed by atoms with Crippen molar-refractivity contribution in [2.45, 2.75) is 18.9 Å². The number of hydrogen-bond acceptors (Lipinski definition) is 6. The van der Waals surface area contributed by atoms with Gasteiger partial charge in [-0.25, -0.2) is 14.6 Å². The molecule has 146 valence electrons. The molecule has 7 heteroatoms. The number of pyridine rings is 1. The Morgan fingerprint density at radius 2 is 1.86 bits per heavy atom. The summed E-state index contributed by atoms with van der Waals surface area (Å²) in [5.41, 5.74) is 1.26. The molecule has 1 aliphatic rings. The fraction of sp³-hybridized carbons (Fsp3) is 0.286. The van der Waals surface area contributed by atoms with Crippen LogP contribution in [-0.4, -0.2) is 43.2 Å². The number of ether oxygens (including phenoxy) is 2. The minimum atomic E-state index is -0.393. The lowest BCUT2D eigenvalue weighted by Gasteiger charge is -2.32. The predicted octanol–water partition coefficient (Wildman–Crippen LogP) is 3.75. The summed E-state index contributed by atoms with van der Waals surface area (Å²) in [5.74, 6) is 0.111. The summed E-state index contributed by atoms with van der Waals surface area (Å²) in [6.45, 7) is 1.54. The maximum Gasteiger partial charge on any atom is 0.337 e. The van der Waals surface area contributed by atoms with E-state index in [1.807, 2.05) is 12.1 Å². The van der Waals surface area contributed by atoms with Crippen molar-refractivity contribution in [2.24, 2.45) is 0 Å². The highest BCUT2D eigenvalue weighted by Crippen LogP contribution is 2.21. The summed E-state index contributed by atoms with van der Waals surface area (Å²) in [4.78, 5) is 30.0. The minimum absolute atomic E-state index is 0.109. The predicted molar refractivity (Wildman–Crippen MR) is 107 cm³/mol. The van der Waals surface area contributed by atoms with Crippen LogP contribution in [0.1, 0.15) is 28.8 Å². The van der Waals surface area contributed by atoms with Crippen LogP contribution in [0.25, 0.3) is 6.08 Å². The van der Waals surface area contributed by atoms with E-state index in [-0.39, 0.29) is 12.1 Å². The van der Waals surface area contributed by atoms with Gasteiger partial charge in [0.15, 0.2) is 0 Å². The zero-order valence-electron chi connectivity index (χ0n) is 15.5. The average molecular weight is 401 g/mol. The van der Waals surface area contributed by atoms with E-state index in [2.05, 4.69) is 14.6 Å². The summed E-state index contributed by atoms with van der Waals surface area (Å²) in [6, 6.07) is 10.5. The lowest BCUT2D eigenvalue weighted by molar-refractivity contribution is -0.143. The van der Waals surface area contributed by atoms with E-state index in [0.717, 1.165) is 37.3 Å². The van der Waals surface area contributed by atoms with E-state index >= 15 is 0 Å². The highest BCUT2D eigenvalue weighted by Gasteiger charge is 2.22. The molecule has 0 saturated carbocycles. The summed E-state index contributed by atoms with van der Waals surface area (Å²) < 4.78 is 10.2. The molecule has 0 N–H and O–H groups in total. The SMILES string of the molecule is COC(=O)c1ccc(C=CC(=O)OC2CCN(c3ccc(Cl)cn3)CC2)cc1. The Labute approximate surface area is 168 Å². The number of esters is 2. The fourth-order valence-corrected chi connectivity index (χ4v) is 3.09. The number of halogens is 1. The van der Waals surface area contributed by atoms with Crippen molar-refractivity contribution in [1.29, 1.82) is 0 Å². The first-order valence-electron chi connectivity index (χ1n) is 8.99. The summed E-state index contributed by atoms with van der Waals surface area (Å²) >= 11 is 5.87. The Morgan fingerprint density at radius 3 is 2.46 bits per heavy atom. The highest BCUT2D eigenvalue weighted by atomic mass is 35.5. The van der Waals surface area contributed by atoms with Crippen molar-refractivity contribution in [3.8, 4) is 0 Å². The molecule has 0 radical (unpaired) electrons. The van der Waals surface area contributed by atoms with Gasteiger partial charge in [-0.1, -0.05) is 23.7 Å². The second-order valence-corrected chi connectivity index (χ2v) is 6.84. The van der Waals surface area contributed by atoms with E-state index < -0.39 is 5.97 Å². The molecule has 2 aromatic rings. The van der Waals surface area contributed by atoms with Crippen LogP contribution in [0.3, 0.4) is 0 Å². The summed E-state index contributed by atoms with van der Waals surface area (Å²) in [7, 11) is 1.34. The van der Waals surface area contributed by atoms with Crippen LogP contribution in [0.15, 0.2) is 48.7 Å². The van der Waals surface area contributed by atoms with Crippen LogP contribution < -0.4 is 4.90 Å². The monoisotopic (exact) mass is 400 g/mol. The molecule has 0 bridgehead atoms. The molecule has 28 heavy (non-hydrogen) atoms. The summed E-state index contributed by atoms with van der Waals surface area (Å²) in [5, 5.41) is 0.610. The van der Waals surface area contributed by atoms with Crippen LogP contribution in [0, 0.1) is 0 Å². The number of carbonyl (C=O) groups is 2. The first-order valence-corrected chi connectivity index (χ1v) is 9.36. The normalized spacial score (nSPS) is 14.9. The van der Waals surface area contributed by atoms with Crippen molar-refractivity contribution in [3.63, 3.8) is 0 Å². The quantitative estimate of drug-likeness (QED) is 0.562. The van der Waals surface area contributed by atoms with Crippen molar-refractivity contribution >= 4 is 35.4 Å². The lowest BCUT2D eigenvalue weighted by atomic mass is 10.1. The topological polar surface area (TPSA) is 68.7 Å². The van der Waals surface area contributed by atoms with Gasteiger partial charge in [0.05, 0.1) is 17.7 Å². The van der Waals surface area contributed by atoms with Gasteiger partial charge < -0.3 is 14.4 Å². The number of nitrogens with zero attached hydrogens (tertiary/aromatic N) is 2. The summed E-state index contributed by atoms with van der Waals surface area (Å²) in [6.07, 6.45) is 6.08. The molecule has 0 atom stereocenters. The third-order valence-corrected chi connectivity index (χ3v) is 4.73. The third-order valence-electron chi connectivity index (χ3n) is 4.50. The zero-order chi connectivity index (χ0) is 19.9. The minimum Gasteiger partial charge on any atom is -0.465 e. The van der Waals surface area contributed by atoms with Crippen LogP contribution in [0.4, 0.5) is 5.82 Å². The number of piperidine rings is 1. The van der Waals surface area contributed by atoms with Gasteiger partial charge in [-0.15, -0.1) is 0 Å². The molecule has 1 saturated heterocycles. The van der Waals surface area contributed by atoms with Crippen molar-refractivity contribution in [2.75, 3.05) is 25.1 Å². The van der Waals surface area contributed by atoms with Crippen LogP contribution in [0.2, 0.25) is 5.02 Å². The number of anilines is 1. The van der Waals surface area contributed by atoms with Gasteiger partial charge in [0.2, 0.25) is 0 Å². The second-order valence-electron chi connectivity index (χ2n) is 6.40. The van der Waals surface area contributed by atoms with Crippen LogP contribution >= 0.6 is 11.6 Å². The van der Waals surface area contributed by atoms with Gasteiger partial charge in [-0.3, -0.25) is 0 Å². The van der Waals surface area contributed by atoms with Crippen LogP contribution in [-0.2, 0) is 14.3 Å². The van der Waals surface area contributed by atoms with E-state index in [4.69, 9.17) is 16.3 Å². The molecule has 3 rings (SSSR count). The van der Waals surface area contributed by atoms with Gasteiger partial charge in [0.1, 0.15) is 11.9 Å². The number of hydrogen-bond donors (Lipinski definition) is 0. The lowest BCUT2D eigenvalue weighted by Crippen LogP contribution is -2.38. The van der Waals surface area contributed by atoms with Gasteiger partial charge >= 0.3 is 11.9 Å². The number of methoxy groups -OCH3 is 1. The highest BCUT2D eigenvalue weighted by molar-refractivity contribution is 6.30. The second kappa shape index (κ2) is 9.37. The molecule has 1 aliphatic heterocycles. The van der Waals surface area contributed by atoms with Gasteiger partial charge in [0, 0.05) is 38.2 Å². The molecule has 6 nitrogen and oxygen atoms in total. The number of benzene rings is 1. The first-order chi connectivity index (χ1) is 13.5. The fourth-order valence-electron chi connectivity index (χ4n) is 2.97. The Balaban J connectivity index is 1.47. The number of aromatic nitrogens is 1. The van der Waals surface area contributed by atoms with Crippen LogP contribution in [0.5, 0.6) is 0 Å². The molecule has 0 aliphatic carbocycles. The molecule has 0 spiro atoms. The molecule has 1 aromatic heterocycles. The van der Waals surface area contributed by atoms with E-state index in [9.17, 15) is 9.59 Å². The molecular weight excluding hydrogens is 380 g/mol. The smallest absolute Gasteiger partial charge is 0.337 e. The molecule has 1 aromatic carbocycles. The van der Waals surface area contributed by atoms with E-state index in [1.165, 1.54) is 13.2 Å². The van der Waals surface area contributed by atoms with Crippen molar-refractivity contribution in [1.82, 2.24) is 4.98 Å². The number of carbonyl (C=O) groups excluding carboxylic acids is 2. The number of rotatable bonds is 5. The molecule has 1 fully saturated rings. The van der Waals surface area contributed by atoms with E-state index in [1.54, 1.807) is 36.5 Å². The maximum atomic E-state index is 12.1. The van der Waals surface area contributed by atoms with E-state index in [0.29, 0.717) is 10.6 Å². The van der Waals surface area contributed by atoms with Gasteiger partial charge in [-0.05, 0) is 35.9 Å². The standard InChI is InChI=1S/C21H21ClN2O4/c1-27-21(26)16-5-2-15(3-6-16)4-9-20(25)28-18-10-12-24(13-11-18)19-8-7-17(22)14-23-19/h2-9,14,18H,10-13H2,1H3. The van der Waals surface area contributed by atoms with Gasteiger partial charge in [-0.2, -0.15) is 0 Å². The van der Waals surface area contributed by atoms with Crippen molar-refractivity contribution in [3.05, 3.63) is 64.8 Å². The Kier molecular flexibility index (Phi) is 6.66. The largest absolute Gasteiger partial charge is 0.465 e. The molecule has 2 heterocycles. The maximum absolute atomic E-state index is 12.1. The van der Waals surface area contributed by atoms with Gasteiger partial charge in [0.25, 0.3) is 0 Å². The molecular formula is C21H21ClN2O4.